The normalized spacial score (nSPS) is 18.7. The van der Waals surface area contributed by atoms with Crippen molar-refractivity contribution in [3.63, 3.8) is 0 Å². The molecule has 2 aromatic heterocycles. The Morgan fingerprint density at radius 3 is 2.77 bits per heavy atom. The SMILES string of the molecule is Cc1nnc(NC(=O)CSc2nnc(N3C(N)=C(C#N)C(c4cccc(Br)c4)C4=C3CC(C)(C)CC4=O)s2)s1. The molecule has 3 heterocycles. The topological polar surface area (TPSA) is 151 Å². The summed E-state index contributed by atoms with van der Waals surface area (Å²) in [7, 11) is 0. The number of carbonyl (C=O) groups is 2. The molecule has 1 aliphatic heterocycles. The van der Waals surface area contributed by atoms with Crippen LogP contribution in [0.1, 0.15) is 43.2 Å². The molecule has 3 aromatic rings. The summed E-state index contributed by atoms with van der Waals surface area (Å²) in [5, 5.41) is 31.0. The monoisotopic (exact) mass is 642 g/mol. The minimum Gasteiger partial charge on any atom is -0.384 e. The second kappa shape index (κ2) is 10.8. The Balaban J connectivity index is 1.48. The van der Waals surface area contributed by atoms with E-state index in [0.717, 1.165) is 20.7 Å². The maximum absolute atomic E-state index is 13.6. The fraction of sp³-hybridized carbons (Fsp3) is 0.320. The van der Waals surface area contributed by atoms with Crippen LogP contribution in [-0.4, -0.2) is 37.8 Å². The molecule has 0 saturated carbocycles. The molecule has 14 heteroatoms. The zero-order valence-electron chi connectivity index (χ0n) is 21.2. The van der Waals surface area contributed by atoms with E-state index >= 15 is 0 Å². The molecule has 0 saturated heterocycles. The lowest BCUT2D eigenvalue weighted by molar-refractivity contribution is -0.118. The number of nitriles is 1. The van der Waals surface area contributed by atoms with Crippen LogP contribution in [-0.2, 0) is 9.59 Å². The molecule has 0 radical (unpaired) electrons. The molecule has 200 valence electrons. The molecule has 0 fully saturated rings. The number of carbonyl (C=O) groups excluding carboxylic acids is 2. The van der Waals surface area contributed by atoms with E-state index in [1.807, 2.05) is 45.0 Å². The molecule has 1 aromatic carbocycles. The molecule has 5 rings (SSSR count). The summed E-state index contributed by atoms with van der Waals surface area (Å²) in [4.78, 5) is 27.7. The van der Waals surface area contributed by atoms with Crippen LogP contribution in [0.4, 0.5) is 10.3 Å². The van der Waals surface area contributed by atoms with Crippen LogP contribution in [0.2, 0.25) is 0 Å². The highest BCUT2D eigenvalue weighted by molar-refractivity contribution is 9.10. The van der Waals surface area contributed by atoms with E-state index in [9.17, 15) is 14.9 Å². The Morgan fingerprint density at radius 2 is 2.08 bits per heavy atom. The van der Waals surface area contributed by atoms with Crippen molar-refractivity contribution >= 4 is 72.3 Å². The molecule has 1 atom stereocenters. The highest BCUT2D eigenvalue weighted by atomic mass is 79.9. The van der Waals surface area contributed by atoms with Crippen LogP contribution in [0, 0.1) is 23.7 Å². The lowest BCUT2D eigenvalue weighted by atomic mass is 9.69. The van der Waals surface area contributed by atoms with Crippen LogP contribution in [0.25, 0.3) is 0 Å². The van der Waals surface area contributed by atoms with E-state index in [1.54, 1.807) is 4.90 Å². The van der Waals surface area contributed by atoms with Gasteiger partial charge in [0.05, 0.1) is 23.3 Å². The minimum atomic E-state index is -0.572. The predicted octanol–water partition coefficient (Wildman–Crippen LogP) is 5.13. The standard InChI is InChI=1S/C25H23BrN8O2S3/c1-12-30-31-22(38-12)29-18(36)11-37-24-33-32-23(39-24)34-16-8-25(2,3)9-17(35)20(16)19(15(10-27)21(34)28)13-5-4-6-14(26)7-13/h4-7,19H,8-9,11,28H2,1-3H3,(H,29,31,36). The molecule has 1 aliphatic carbocycles. The van der Waals surface area contributed by atoms with Crippen LogP contribution >= 0.6 is 50.4 Å². The Kier molecular flexibility index (Phi) is 7.60. The van der Waals surface area contributed by atoms with Gasteiger partial charge < -0.3 is 5.73 Å². The number of nitrogens with one attached hydrogen (secondary N) is 1. The number of hydrogen-bond acceptors (Lipinski definition) is 12. The second-order valence-electron chi connectivity index (χ2n) is 9.85. The Morgan fingerprint density at radius 1 is 1.28 bits per heavy atom. The minimum absolute atomic E-state index is 0.0147. The maximum atomic E-state index is 13.6. The smallest absolute Gasteiger partial charge is 0.236 e. The number of nitrogens with zero attached hydrogens (tertiary/aromatic N) is 6. The third kappa shape index (κ3) is 5.62. The summed E-state index contributed by atoms with van der Waals surface area (Å²) in [5.41, 5.74) is 8.77. The first kappa shape index (κ1) is 27.4. The van der Waals surface area contributed by atoms with Gasteiger partial charge in [-0.3, -0.25) is 19.8 Å². The largest absolute Gasteiger partial charge is 0.384 e. The number of halogens is 1. The van der Waals surface area contributed by atoms with E-state index in [-0.39, 0.29) is 34.3 Å². The zero-order chi connectivity index (χ0) is 27.9. The Hall–Kier alpha value is -3.12. The van der Waals surface area contributed by atoms with Gasteiger partial charge in [0.25, 0.3) is 0 Å². The number of hydrogen-bond donors (Lipinski definition) is 2. The maximum Gasteiger partial charge on any atom is 0.236 e. The van der Waals surface area contributed by atoms with Gasteiger partial charge in [0.1, 0.15) is 10.8 Å². The Bertz CT molecular complexity index is 1590. The summed E-state index contributed by atoms with van der Waals surface area (Å²) in [6.45, 7) is 5.90. The molecule has 2 aliphatic rings. The summed E-state index contributed by atoms with van der Waals surface area (Å²) >= 11 is 7.28. The fourth-order valence-electron chi connectivity index (χ4n) is 4.73. The summed E-state index contributed by atoms with van der Waals surface area (Å²) < 4.78 is 1.40. The quantitative estimate of drug-likeness (QED) is 0.346. The molecule has 3 N–H and O–H groups in total. The van der Waals surface area contributed by atoms with Gasteiger partial charge in [-0.05, 0) is 36.5 Å². The van der Waals surface area contributed by atoms with E-state index in [1.165, 1.54) is 34.4 Å². The van der Waals surface area contributed by atoms with Crippen molar-refractivity contribution in [2.24, 2.45) is 11.1 Å². The van der Waals surface area contributed by atoms with Crippen LogP contribution in [0.3, 0.4) is 0 Å². The van der Waals surface area contributed by atoms with Gasteiger partial charge >= 0.3 is 0 Å². The van der Waals surface area contributed by atoms with E-state index in [0.29, 0.717) is 33.0 Å². The van der Waals surface area contributed by atoms with Crippen molar-refractivity contribution in [1.29, 1.82) is 5.26 Å². The first-order chi connectivity index (χ1) is 18.6. The Labute approximate surface area is 245 Å². The van der Waals surface area contributed by atoms with Crippen molar-refractivity contribution in [3.8, 4) is 6.07 Å². The lowest BCUT2D eigenvalue weighted by Crippen LogP contribution is -2.42. The molecule has 1 unspecified atom stereocenters. The van der Waals surface area contributed by atoms with Gasteiger partial charge in [0.15, 0.2) is 10.1 Å². The molecular formula is C25H23BrN8O2S3. The third-order valence-corrected chi connectivity index (χ3v) is 9.54. The average Bonchev–Trinajstić information content (AvgIpc) is 3.50. The first-order valence-corrected chi connectivity index (χ1v) is 15.3. The molecular weight excluding hydrogens is 620 g/mol. The number of nitrogens with two attached hydrogens (primary N) is 1. The average molecular weight is 644 g/mol. The van der Waals surface area contributed by atoms with Gasteiger partial charge in [-0.2, -0.15) is 5.26 Å². The van der Waals surface area contributed by atoms with Gasteiger partial charge in [-0.15, -0.1) is 20.4 Å². The van der Waals surface area contributed by atoms with Crippen LogP contribution < -0.4 is 16.0 Å². The number of Topliss-reactive ketones (excluding diaryl/α,β-unsaturated/α-hetero) is 1. The van der Waals surface area contributed by atoms with E-state index < -0.39 is 5.92 Å². The van der Waals surface area contributed by atoms with Crippen molar-refractivity contribution < 1.29 is 9.59 Å². The van der Waals surface area contributed by atoms with Crippen molar-refractivity contribution in [3.05, 3.63) is 62.0 Å². The first-order valence-electron chi connectivity index (χ1n) is 11.8. The number of thioether (sulfide) groups is 1. The van der Waals surface area contributed by atoms with Gasteiger partial charge in [0, 0.05) is 22.2 Å². The van der Waals surface area contributed by atoms with E-state index in [4.69, 9.17) is 5.73 Å². The van der Waals surface area contributed by atoms with Crippen LogP contribution in [0.5, 0.6) is 0 Å². The summed E-state index contributed by atoms with van der Waals surface area (Å²) in [6, 6.07) is 9.86. The van der Waals surface area contributed by atoms with Gasteiger partial charge in [-0.1, -0.05) is 76.3 Å². The number of anilines is 2. The highest BCUT2D eigenvalue weighted by Gasteiger charge is 2.45. The molecule has 0 spiro atoms. The molecule has 10 nitrogen and oxygen atoms in total. The van der Waals surface area contributed by atoms with Gasteiger partial charge in [-0.25, -0.2) is 0 Å². The van der Waals surface area contributed by atoms with Crippen molar-refractivity contribution in [1.82, 2.24) is 20.4 Å². The second-order valence-corrected chi connectivity index (χ2v) is 14.1. The number of amides is 1. The summed E-state index contributed by atoms with van der Waals surface area (Å²) in [6.07, 6.45) is 0.937. The number of aromatic nitrogens is 4. The number of benzene rings is 1. The van der Waals surface area contributed by atoms with Crippen molar-refractivity contribution in [2.45, 2.75) is 43.9 Å². The number of allylic oxidation sites excluding steroid dienone is 3. The van der Waals surface area contributed by atoms with Crippen molar-refractivity contribution in [2.75, 3.05) is 16.0 Å². The number of rotatable bonds is 6. The van der Waals surface area contributed by atoms with E-state index in [2.05, 4.69) is 47.7 Å². The number of ketones is 1. The lowest BCUT2D eigenvalue weighted by Gasteiger charge is -2.42. The summed E-state index contributed by atoms with van der Waals surface area (Å²) in [5.74, 6) is -0.495. The highest BCUT2D eigenvalue weighted by Crippen LogP contribution is 2.50. The predicted molar refractivity (Wildman–Crippen MR) is 155 cm³/mol. The molecule has 39 heavy (non-hydrogen) atoms. The zero-order valence-corrected chi connectivity index (χ0v) is 25.2. The third-order valence-electron chi connectivity index (χ3n) is 6.25. The number of aryl methyl sites for hydroxylation is 1. The fourth-order valence-corrected chi connectivity index (χ4v) is 7.43. The van der Waals surface area contributed by atoms with Crippen LogP contribution in [0.15, 0.2) is 55.7 Å². The molecule has 0 bridgehead atoms. The molecule has 1 amide bonds. The van der Waals surface area contributed by atoms with Gasteiger partial charge in [0.2, 0.25) is 16.2 Å².